The van der Waals surface area contributed by atoms with E-state index in [1.165, 1.54) is 30.5 Å². The monoisotopic (exact) mass is 368 g/mol. The minimum Gasteiger partial charge on any atom is -0.364 e. The number of nitrogens with zero attached hydrogens (tertiary/aromatic N) is 1. The van der Waals surface area contributed by atoms with Crippen LogP contribution in [0.25, 0.3) is 0 Å². The molecule has 0 spiro atoms. The lowest BCUT2D eigenvalue weighted by Gasteiger charge is -2.17. The molecule has 1 aromatic carbocycles. The van der Waals surface area contributed by atoms with E-state index in [-0.39, 0.29) is 23.5 Å². The largest absolute Gasteiger partial charge is 0.364 e. The van der Waals surface area contributed by atoms with Crippen LogP contribution in [0.1, 0.15) is 37.6 Å². The Labute approximate surface area is 146 Å². The number of hydrogen-bond donors (Lipinski definition) is 1. The molecular weight excluding hydrogens is 347 g/mol. The fourth-order valence-corrected chi connectivity index (χ4v) is 3.52. The van der Waals surface area contributed by atoms with Crippen LogP contribution in [0, 0.1) is 5.82 Å². The summed E-state index contributed by atoms with van der Waals surface area (Å²) in [7, 11) is -3.69. The van der Waals surface area contributed by atoms with E-state index in [2.05, 4.69) is 10.5 Å². The third-order valence-electron chi connectivity index (χ3n) is 3.56. The number of amides is 1. The molecule has 1 amide bonds. The Morgan fingerprint density at radius 2 is 1.88 bits per heavy atom. The van der Waals surface area contributed by atoms with Gasteiger partial charge in [0.25, 0.3) is 0 Å². The van der Waals surface area contributed by atoms with E-state index in [0.29, 0.717) is 16.8 Å². The van der Waals surface area contributed by atoms with E-state index < -0.39 is 21.5 Å². The Kier molecular flexibility index (Phi) is 5.62. The Morgan fingerprint density at radius 1 is 1.24 bits per heavy atom. The molecule has 0 radical (unpaired) electrons. The highest BCUT2D eigenvalue weighted by Crippen LogP contribution is 2.26. The molecule has 6 nitrogen and oxygen atoms in total. The zero-order valence-corrected chi connectivity index (χ0v) is 15.2. The predicted octanol–water partition coefficient (Wildman–Crippen LogP) is 2.34. The molecule has 0 fully saturated rings. The number of hydrogen-bond acceptors (Lipinski definition) is 5. The minimum absolute atomic E-state index is 0.131. The zero-order valence-electron chi connectivity index (χ0n) is 14.4. The van der Waals surface area contributed by atoms with E-state index >= 15 is 0 Å². The van der Waals surface area contributed by atoms with Crippen LogP contribution in [0.5, 0.6) is 0 Å². The van der Waals surface area contributed by atoms with Crippen molar-refractivity contribution in [1.82, 2.24) is 10.5 Å². The average molecular weight is 368 g/mol. The summed E-state index contributed by atoms with van der Waals surface area (Å²) in [5, 5.41) is 6.27. The molecule has 1 heterocycles. The first-order chi connectivity index (χ1) is 11.6. The molecule has 1 aromatic heterocycles. The number of rotatable bonds is 6. The van der Waals surface area contributed by atoms with E-state index in [1.54, 1.807) is 0 Å². The van der Waals surface area contributed by atoms with Gasteiger partial charge in [0.15, 0.2) is 9.84 Å². The summed E-state index contributed by atoms with van der Waals surface area (Å²) in [6, 6.07) is 5.60. The summed E-state index contributed by atoms with van der Waals surface area (Å²) in [4.78, 5) is 11.9. The van der Waals surface area contributed by atoms with Crippen molar-refractivity contribution in [3.63, 3.8) is 0 Å². The summed E-state index contributed by atoms with van der Waals surface area (Å²) >= 11 is 0. The van der Waals surface area contributed by atoms with Gasteiger partial charge in [-0.15, -0.1) is 0 Å². The van der Waals surface area contributed by atoms with E-state index in [1.807, 2.05) is 20.8 Å². The van der Waals surface area contributed by atoms with Crippen LogP contribution >= 0.6 is 0 Å². The molecule has 0 bridgehead atoms. The van der Waals surface area contributed by atoms with Crippen LogP contribution in [-0.4, -0.2) is 25.2 Å². The molecule has 0 saturated heterocycles. The SMILES string of the molecule is CC(C)(C)c1conc1CS(=O)(=O)CC(=O)NCc1ccc(F)cc1. The molecular formula is C17H21FN2O4S. The van der Waals surface area contributed by atoms with Crippen LogP contribution in [-0.2, 0) is 32.3 Å². The number of sulfone groups is 1. The molecule has 0 aliphatic carbocycles. The van der Waals surface area contributed by atoms with Gasteiger partial charge >= 0.3 is 0 Å². The van der Waals surface area contributed by atoms with Gasteiger partial charge in [0.2, 0.25) is 5.91 Å². The minimum atomic E-state index is -3.69. The summed E-state index contributed by atoms with van der Waals surface area (Å²) in [6.07, 6.45) is 1.43. The van der Waals surface area contributed by atoms with Crippen molar-refractivity contribution in [2.45, 2.75) is 38.5 Å². The van der Waals surface area contributed by atoms with Crippen LogP contribution < -0.4 is 5.32 Å². The van der Waals surface area contributed by atoms with Crippen molar-refractivity contribution in [2.24, 2.45) is 0 Å². The Hall–Kier alpha value is -2.22. The topological polar surface area (TPSA) is 89.3 Å². The molecule has 0 aliphatic heterocycles. The quantitative estimate of drug-likeness (QED) is 0.845. The van der Waals surface area contributed by atoms with E-state index in [0.717, 1.165) is 0 Å². The van der Waals surface area contributed by atoms with Crippen molar-refractivity contribution in [1.29, 1.82) is 0 Å². The molecule has 2 aromatic rings. The fourth-order valence-electron chi connectivity index (χ4n) is 2.29. The second-order valence-electron chi connectivity index (χ2n) is 6.86. The number of nitrogens with one attached hydrogen (secondary N) is 1. The summed E-state index contributed by atoms with van der Waals surface area (Å²) in [6.45, 7) is 5.90. The van der Waals surface area contributed by atoms with E-state index in [4.69, 9.17) is 4.52 Å². The second kappa shape index (κ2) is 7.35. The standard InChI is InChI=1S/C17H21FN2O4S/c1-17(2,3)14-9-24-20-15(14)10-25(22,23)11-16(21)19-8-12-4-6-13(18)7-5-12/h4-7,9H,8,10-11H2,1-3H3,(H,19,21). The highest BCUT2D eigenvalue weighted by atomic mass is 32.2. The molecule has 1 N–H and O–H groups in total. The number of benzene rings is 1. The molecule has 0 saturated carbocycles. The van der Waals surface area contributed by atoms with Gasteiger partial charge in [-0.25, -0.2) is 12.8 Å². The van der Waals surface area contributed by atoms with Gasteiger partial charge in [-0.1, -0.05) is 38.1 Å². The summed E-state index contributed by atoms with van der Waals surface area (Å²) in [5.41, 5.74) is 1.38. The first-order valence-electron chi connectivity index (χ1n) is 7.72. The molecule has 0 unspecified atom stereocenters. The van der Waals surface area contributed by atoms with Gasteiger partial charge in [0.05, 0.1) is 5.75 Å². The van der Waals surface area contributed by atoms with Crippen LogP contribution in [0.15, 0.2) is 35.1 Å². The predicted molar refractivity (Wildman–Crippen MR) is 90.9 cm³/mol. The van der Waals surface area contributed by atoms with Crippen molar-refractivity contribution < 1.29 is 22.1 Å². The second-order valence-corrected chi connectivity index (χ2v) is 8.92. The van der Waals surface area contributed by atoms with Gasteiger partial charge < -0.3 is 9.84 Å². The summed E-state index contributed by atoms with van der Waals surface area (Å²) in [5.74, 6) is -2.00. The highest BCUT2D eigenvalue weighted by Gasteiger charge is 2.26. The Morgan fingerprint density at radius 3 is 2.48 bits per heavy atom. The van der Waals surface area contributed by atoms with Crippen LogP contribution in [0.3, 0.4) is 0 Å². The summed E-state index contributed by atoms with van der Waals surface area (Å²) < 4.78 is 42.2. The van der Waals surface area contributed by atoms with Gasteiger partial charge in [-0.05, 0) is 23.1 Å². The third-order valence-corrected chi connectivity index (χ3v) is 4.98. The van der Waals surface area contributed by atoms with Gasteiger partial charge in [-0.2, -0.15) is 0 Å². The van der Waals surface area contributed by atoms with Crippen LogP contribution in [0.2, 0.25) is 0 Å². The maximum Gasteiger partial charge on any atom is 0.235 e. The fraction of sp³-hybridized carbons (Fsp3) is 0.412. The smallest absolute Gasteiger partial charge is 0.235 e. The lowest BCUT2D eigenvalue weighted by molar-refractivity contribution is -0.118. The first kappa shape index (κ1) is 19.1. The highest BCUT2D eigenvalue weighted by molar-refractivity contribution is 7.91. The van der Waals surface area contributed by atoms with Gasteiger partial charge in [-0.3, -0.25) is 4.79 Å². The number of aromatic nitrogens is 1. The number of carbonyl (C=O) groups is 1. The molecule has 2 rings (SSSR count). The molecule has 136 valence electrons. The third kappa shape index (κ3) is 5.67. The Balaban J connectivity index is 1.95. The molecule has 0 aliphatic rings. The lowest BCUT2D eigenvalue weighted by Crippen LogP contribution is -2.30. The number of carbonyl (C=O) groups excluding carboxylic acids is 1. The van der Waals surface area contributed by atoms with Crippen molar-refractivity contribution in [3.05, 3.63) is 53.2 Å². The Bertz CT molecular complexity index is 836. The zero-order chi connectivity index (χ0) is 18.7. The number of halogens is 1. The molecule has 8 heteroatoms. The maximum absolute atomic E-state index is 12.8. The van der Waals surface area contributed by atoms with E-state index in [9.17, 15) is 17.6 Å². The normalized spacial score (nSPS) is 12.2. The van der Waals surface area contributed by atoms with Gasteiger partial charge in [0, 0.05) is 12.1 Å². The molecule has 25 heavy (non-hydrogen) atoms. The van der Waals surface area contributed by atoms with Crippen LogP contribution in [0.4, 0.5) is 4.39 Å². The average Bonchev–Trinajstić information content (AvgIpc) is 2.93. The van der Waals surface area contributed by atoms with Gasteiger partial charge in [0.1, 0.15) is 23.5 Å². The van der Waals surface area contributed by atoms with Crippen molar-refractivity contribution >= 4 is 15.7 Å². The van der Waals surface area contributed by atoms with Crippen molar-refractivity contribution in [2.75, 3.05) is 5.75 Å². The van der Waals surface area contributed by atoms with Crippen molar-refractivity contribution in [3.8, 4) is 0 Å². The maximum atomic E-state index is 12.8. The lowest BCUT2D eigenvalue weighted by atomic mass is 9.88. The molecule has 0 atom stereocenters. The first-order valence-corrected chi connectivity index (χ1v) is 9.54.